The first-order valence-electron chi connectivity index (χ1n) is 8.45. The zero-order chi connectivity index (χ0) is 17.3. The van der Waals surface area contributed by atoms with Gasteiger partial charge in [0, 0.05) is 24.9 Å². The SMILES string of the molecule is CC(=O)N1C[C@H](O)C[C@@H]1C(=O)NC1(c2cccc(Cl)c2)CCCC1. The van der Waals surface area contributed by atoms with Gasteiger partial charge in [-0.1, -0.05) is 36.6 Å². The first-order valence-corrected chi connectivity index (χ1v) is 8.82. The molecular formula is C18H23ClN2O3. The Hall–Kier alpha value is -1.59. The molecule has 2 amide bonds. The van der Waals surface area contributed by atoms with Crippen LogP contribution in [0.5, 0.6) is 0 Å². The summed E-state index contributed by atoms with van der Waals surface area (Å²) in [6, 6.07) is 7.00. The summed E-state index contributed by atoms with van der Waals surface area (Å²) in [5.41, 5.74) is 0.576. The number of nitrogens with one attached hydrogen (secondary N) is 1. The summed E-state index contributed by atoms with van der Waals surface area (Å²) < 4.78 is 0. The van der Waals surface area contributed by atoms with Crippen LogP contribution in [0, 0.1) is 0 Å². The van der Waals surface area contributed by atoms with Gasteiger partial charge in [0.1, 0.15) is 6.04 Å². The maximum Gasteiger partial charge on any atom is 0.243 e. The smallest absolute Gasteiger partial charge is 0.243 e. The second kappa shape index (κ2) is 6.73. The Morgan fingerprint density at radius 2 is 2.04 bits per heavy atom. The number of carbonyl (C=O) groups is 2. The summed E-state index contributed by atoms with van der Waals surface area (Å²) in [5, 5.41) is 13.7. The van der Waals surface area contributed by atoms with Crippen molar-refractivity contribution in [2.45, 2.75) is 56.7 Å². The molecule has 2 fully saturated rings. The van der Waals surface area contributed by atoms with E-state index in [1.807, 2.05) is 24.3 Å². The normalized spacial score (nSPS) is 25.7. The van der Waals surface area contributed by atoms with E-state index >= 15 is 0 Å². The fourth-order valence-electron chi connectivity index (χ4n) is 3.98. The molecule has 2 aliphatic rings. The Bertz CT molecular complexity index is 643. The number of halogens is 1. The molecule has 1 aromatic carbocycles. The second-order valence-electron chi connectivity index (χ2n) is 6.87. The maximum absolute atomic E-state index is 12.9. The molecule has 2 N–H and O–H groups in total. The Labute approximate surface area is 147 Å². The van der Waals surface area contributed by atoms with Crippen LogP contribution in [0.4, 0.5) is 0 Å². The third-order valence-corrected chi connectivity index (χ3v) is 5.42. The maximum atomic E-state index is 12.9. The predicted octanol–water partition coefficient (Wildman–Crippen LogP) is 2.21. The summed E-state index contributed by atoms with van der Waals surface area (Å²) in [6.45, 7) is 1.65. The lowest BCUT2D eigenvalue weighted by atomic mass is 9.87. The number of likely N-dealkylation sites (tertiary alicyclic amines) is 1. The van der Waals surface area contributed by atoms with E-state index in [1.54, 1.807) is 0 Å². The lowest BCUT2D eigenvalue weighted by Gasteiger charge is -2.34. The molecule has 6 heteroatoms. The lowest BCUT2D eigenvalue weighted by molar-refractivity contribution is -0.137. The van der Waals surface area contributed by atoms with Gasteiger partial charge in [0.25, 0.3) is 0 Å². The number of carbonyl (C=O) groups excluding carboxylic acids is 2. The van der Waals surface area contributed by atoms with Crippen LogP contribution in [-0.2, 0) is 15.1 Å². The van der Waals surface area contributed by atoms with Gasteiger partial charge in [-0.3, -0.25) is 9.59 Å². The van der Waals surface area contributed by atoms with Crippen LogP contribution in [0.15, 0.2) is 24.3 Å². The van der Waals surface area contributed by atoms with Crippen molar-refractivity contribution in [2.24, 2.45) is 0 Å². The van der Waals surface area contributed by atoms with E-state index in [9.17, 15) is 14.7 Å². The average Bonchev–Trinajstić information content (AvgIpc) is 3.15. The van der Waals surface area contributed by atoms with E-state index in [-0.39, 0.29) is 24.8 Å². The third kappa shape index (κ3) is 3.28. The molecule has 5 nitrogen and oxygen atoms in total. The summed E-state index contributed by atoms with van der Waals surface area (Å²) in [7, 11) is 0. The number of nitrogens with zero attached hydrogens (tertiary/aromatic N) is 1. The van der Waals surface area contributed by atoms with Gasteiger partial charge >= 0.3 is 0 Å². The van der Waals surface area contributed by atoms with Gasteiger partial charge in [0.15, 0.2) is 0 Å². The third-order valence-electron chi connectivity index (χ3n) is 5.18. The predicted molar refractivity (Wildman–Crippen MR) is 91.5 cm³/mol. The molecule has 0 unspecified atom stereocenters. The number of β-amino-alcohol motifs (C(OH)–C–C–N with tert-alkyl or cyclic N) is 1. The van der Waals surface area contributed by atoms with Crippen molar-refractivity contribution in [3.8, 4) is 0 Å². The van der Waals surface area contributed by atoms with Crippen molar-refractivity contribution in [3.05, 3.63) is 34.9 Å². The number of aliphatic hydroxyl groups is 1. The van der Waals surface area contributed by atoms with Crippen LogP contribution in [0.2, 0.25) is 5.02 Å². The number of aliphatic hydroxyl groups excluding tert-OH is 1. The molecule has 130 valence electrons. The van der Waals surface area contributed by atoms with Crippen molar-refractivity contribution >= 4 is 23.4 Å². The van der Waals surface area contributed by atoms with Crippen molar-refractivity contribution in [1.29, 1.82) is 0 Å². The second-order valence-corrected chi connectivity index (χ2v) is 7.30. The van der Waals surface area contributed by atoms with Crippen LogP contribution in [-0.4, -0.2) is 40.5 Å². The molecule has 24 heavy (non-hydrogen) atoms. The number of hydrogen-bond acceptors (Lipinski definition) is 3. The number of rotatable bonds is 3. The molecule has 1 aliphatic carbocycles. The van der Waals surface area contributed by atoms with Gasteiger partial charge < -0.3 is 15.3 Å². The summed E-state index contributed by atoms with van der Waals surface area (Å²) in [6.07, 6.45) is 3.43. The molecule has 1 aliphatic heterocycles. The first-order chi connectivity index (χ1) is 11.4. The summed E-state index contributed by atoms with van der Waals surface area (Å²) in [5.74, 6) is -0.376. The van der Waals surface area contributed by atoms with E-state index in [4.69, 9.17) is 11.6 Å². The highest BCUT2D eigenvalue weighted by Crippen LogP contribution is 2.40. The summed E-state index contributed by atoms with van der Waals surface area (Å²) in [4.78, 5) is 26.1. The van der Waals surface area contributed by atoms with Gasteiger partial charge in [-0.25, -0.2) is 0 Å². The quantitative estimate of drug-likeness (QED) is 0.878. The molecule has 3 rings (SSSR count). The number of hydrogen-bond donors (Lipinski definition) is 2. The van der Waals surface area contributed by atoms with Crippen LogP contribution >= 0.6 is 11.6 Å². The van der Waals surface area contributed by atoms with E-state index in [1.165, 1.54) is 11.8 Å². The topological polar surface area (TPSA) is 69.6 Å². The Morgan fingerprint density at radius 3 is 2.67 bits per heavy atom. The van der Waals surface area contributed by atoms with Crippen molar-refractivity contribution < 1.29 is 14.7 Å². The standard InChI is InChI=1S/C18H23ClN2O3/c1-12(22)21-11-15(23)10-16(21)17(24)20-18(7-2-3-8-18)13-5-4-6-14(19)9-13/h4-6,9,15-16,23H,2-3,7-8,10-11H2,1H3,(H,20,24)/t15-,16-/m1/s1. The molecule has 0 radical (unpaired) electrons. The van der Waals surface area contributed by atoms with Gasteiger partial charge in [-0.05, 0) is 30.5 Å². The van der Waals surface area contributed by atoms with Gasteiger partial charge in [-0.2, -0.15) is 0 Å². The Kier molecular flexibility index (Phi) is 4.83. The highest BCUT2D eigenvalue weighted by molar-refractivity contribution is 6.30. The van der Waals surface area contributed by atoms with Gasteiger partial charge in [0.05, 0.1) is 11.6 Å². The minimum Gasteiger partial charge on any atom is -0.391 e. The van der Waals surface area contributed by atoms with Gasteiger partial charge in [-0.15, -0.1) is 0 Å². The zero-order valence-corrected chi connectivity index (χ0v) is 14.6. The largest absolute Gasteiger partial charge is 0.391 e. The molecule has 1 aromatic rings. The fraction of sp³-hybridized carbons (Fsp3) is 0.556. The molecule has 0 aromatic heterocycles. The highest BCUT2D eigenvalue weighted by Gasteiger charge is 2.43. The van der Waals surface area contributed by atoms with Crippen LogP contribution in [0.3, 0.4) is 0 Å². The lowest BCUT2D eigenvalue weighted by Crippen LogP contribution is -2.52. The first kappa shape index (κ1) is 17.2. The minimum absolute atomic E-state index is 0.185. The van der Waals surface area contributed by atoms with Crippen molar-refractivity contribution in [1.82, 2.24) is 10.2 Å². The van der Waals surface area contributed by atoms with Crippen LogP contribution in [0.25, 0.3) is 0 Å². The van der Waals surface area contributed by atoms with Crippen LogP contribution in [0.1, 0.15) is 44.6 Å². The van der Waals surface area contributed by atoms with Crippen molar-refractivity contribution in [2.75, 3.05) is 6.54 Å². The minimum atomic E-state index is -0.643. The fourth-order valence-corrected chi connectivity index (χ4v) is 4.17. The average molecular weight is 351 g/mol. The highest BCUT2D eigenvalue weighted by atomic mass is 35.5. The molecule has 1 heterocycles. The monoisotopic (exact) mass is 350 g/mol. The van der Waals surface area contributed by atoms with Gasteiger partial charge in [0.2, 0.25) is 11.8 Å². The molecule has 1 saturated carbocycles. The molecule has 0 bridgehead atoms. The molecule has 1 saturated heterocycles. The number of amides is 2. The summed E-state index contributed by atoms with van der Waals surface area (Å²) >= 11 is 6.13. The zero-order valence-electron chi connectivity index (χ0n) is 13.8. The van der Waals surface area contributed by atoms with Crippen LogP contribution < -0.4 is 5.32 Å². The molecule has 0 spiro atoms. The van der Waals surface area contributed by atoms with Crippen molar-refractivity contribution in [3.63, 3.8) is 0 Å². The van der Waals surface area contributed by atoms with E-state index in [2.05, 4.69) is 5.32 Å². The Balaban J connectivity index is 1.83. The Morgan fingerprint density at radius 1 is 1.33 bits per heavy atom. The van der Waals surface area contributed by atoms with E-state index < -0.39 is 17.7 Å². The van der Waals surface area contributed by atoms with E-state index in [0.29, 0.717) is 5.02 Å². The van der Waals surface area contributed by atoms with E-state index in [0.717, 1.165) is 31.2 Å². The molecular weight excluding hydrogens is 328 g/mol. The number of benzene rings is 1. The molecule has 2 atom stereocenters.